The smallest absolute Gasteiger partial charge is 0.335 e. The summed E-state index contributed by atoms with van der Waals surface area (Å²) in [5.41, 5.74) is 3.81. The molecule has 106 valence electrons. The third-order valence-electron chi connectivity index (χ3n) is 2.54. The Bertz CT molecular complexity index is 680. The molecule has 0 saturated carbocycles. The van der Waals surface area contributed by atoms with E-state index in [0.29, 0.717) is 11.4 Å². The lowest BCUT2D eigenvalue weighted by molar-refractivity contribution is -0.384. The van der Waals surface area contributed by atoms with Crippen LogP contribution in [0.5, 0.6) is 0 Å². The molecule has 2 N–H and O–H groups in total. The number of carboxylic acid groups (broad SMARTS) is 1. The molecule has 2 aromatic rings. The van der Waals surface area contributed by atoms with Gasteiger partial charge < -0.3 is 5.11 Å². The first-order valence-corrected chi connectivity index (χ1v) is 5.81. The van der Waals surface area contributed by atoms with E-state index in [-0.39, 0.29) is 11.3 Å². The van der Waals surface area contributed by atoms with E-state index >= 15 is 0 Å². The summed E-state index contributed by atoms with van der Waals surface area (Å²) in [6.07, 6.45) is 0. The summed E-state index contributed by atoms with van der Waals surface area (Å²) in [4.78, 5) is 20.7. The summed E-state index contributed by atoms with van der Waals surface area (Å²) in [5, 5.41) is 26.8. The molecular weight excluding hydrogens is 276 g/mol. The Morgan fingerprint density at radius 3 is 2.24 bits per heavy atom. The SMILES string of the molecule is O=C(O)c1ccc(NN=Nc2ccc([N+](=O)[O-])cc2)cc1. The van der Waals surface area contributed by atoms with Gasteiger partial charge in [-0.15, -0.1) is 5.11 Å². The molecule has 8 heteroatoms. The molecule has 0 bridgehead atoms. The van der Waals surface area contributed by atoms with E-state index < -0.39 is 10.9 Å². The molecular formula is C13H10N4O4. The standard InChI is InChI=1S/C13H10N4O4/c18-13(19)9-1-3-10(4-2-9)14-16-15-11-5-7-12(8-6-11)17(20)21/h1-8H,(H,14,15)(H,18,19). The minimum absolute atomic E-state index is 0.0221. The van der Waals surface area contributed by atoms with Crippen molar-refractivity contribution in [2.45, 2.75) is 0 Å². The van der Waals surface area contributed by atoms with E-state index in [1.54, 1.807) is 12.1 Å². The molecule has 0 aliphatic rings. The van der Waals surface area contributed by atoms with Crippen LogP contribution >= 0.6 is 0 Å². The van der Waals surface area contributed by atoms with E-state index in [1.165, 1.54) is 36.4 Å². The van der Waals surface area contributed by atoms with E-state index in [2.05, 4.69) is 15.8 Å². The van der Waals surface area contributed by atoms with Gasteiger partial charge in [0, 0.05) is 12.1 Å². The summed E-state index contributed by atoms with van der Waals surface area (Å²) in [7, 11) is 0. The van der Waals surface area contributed by atoms with Crippen LogP contribution in [0.2, 0.25) is 0 Å². The number of nitrogens with zero attached hydrogens (tertiary/aromatic N) is 3. The highest BCUT2D eigenvalue weighted by Gasteiger charge is 2.03. The first-order chi connectivity index (χ1) is 10.1. The van der Waals surface area contributed by atoms with Crippen molar-refractivity contribution in [1.82, 2.24) is 0 Å². The fourth-order valence-electron chi connectivity index (χ4n) is 1.47. The van der Waals surface area contributed by atoms with Gasteiger partial charge in [0.15, 0.2) is 0 Å². The first-order valence-electron chi connectivity index (χ1n) is 5.81. The molecule has 0 aliphatic heterocycles. The zero-order valence-corrected chi connectivity index (χ0v) is 10.6. The summed E-state index contributed by atoms with van der Waals surface area (Å²) in [6, 6.07) is 11.6. The van der Waals surface area contributed by atoms with Gasteiger partial charge in [0.1, 0.15) is 0 Å². The van der Waals surface area contributed by atoms with E-state index in [9.17, 15) is 14.9 Å². The van der Waals surface area contributed by atoms with Crippen molar-refractivity contribution in [3.05, 3.63) is 64.2 Å². The molecule has 21 heavy (non-hydrogen) atoms. The van der Waals surface area contributed by atoms with Gasteiger partial charge in [-0.3, -0.25) is 15.5 Å². The molecule has 0 aromatic heterocycles. The van der Waals surface area contributed by atoms with Crippen LogP contribution in [0.25, 0.3) is 0 Å². The fourth-order valence-corrected chi connectivity index (χ4v) is 1.47. The molecule has 8 nitrogen and oxygen atoms in total. The minimum Gasteiger partial charge on any atom is -0.478 e. The van der Waals surface area contributed by atoms with Gasteiger partial charge in [-0.2, -0.15) is 0 Å². The van der Waals surface area contributed by atoms with E-state index in [4.69, 9.17) is 5.11 Å². The van der Waals surface area contributed by atoms with Crippen LogP contribution in [0.1, 0.15) is 10.4 Å². The first kappa shape index (κ1) is 14.1. The number of nitrogens with one attached hydrogen (secondary N) is 1. The third-order valence-corrected chi connectivity index (χ3v) is 2.54. The number of hydrogen-bond acceptors (Lipinski definition) is 5. The third kappa shape index (κ3) is 3.83. The zero-order valence-electron chi connectivity index (χ0n) is 10.6. The highest BCUT2D eigenvalue weighted by molar-refractivity contribution is 5.87. The Balaban J connectivity index is 1.98. The molecule has 0 amide bonds. The number of carboxylic acids is 1. The second kappa shape index (κ2) is 6.24. The number of benzene rings is 2. The number of rotatable bonds is 5. The van der Waals surface area contributed by atoms with Gasteiger partial charge in [-0.1, -0.05) is 5.22 Å². The van der Waals surface area contributed by atoms with Crippen molar-refractivity contribution in [2.24, 2.45) is 10.3 Å². The molecule has 0 atom stereocenters. The predicted octanol–water partition coefficient (Wildman–Crippen LogP) is 3.40. The lowest BCUT2D eigenvalue weighted by Gasteiger charge is -1.99. The number of non-ortho nitro benzene ring substituents is 1. The van der Waals surface area contributed by atoms with Crippen molar-refractivity contribution in [3.8, 4) is 0 Å². The maximum Gasteiger partial charge on any atom is 0.335 e. The monoisotopic (exact) mass is 286 g/mol. The van der Waals surface area contributed by atoms with Crippen LogP contribution in [0.15, 0.2) is 58.9 Å². The van der Waals surface area contributed by atoms with Crippen LogP contribution in [-0.2, 0) is 0 Å². The lowest BCUT2D eigenvalue weighted by Crippen LogP contribution is -1.95. The minimum atomic E-state index is -1.01. The molecule has 0 aliphatic carbocycles. The molecule has 0 saturated heterocycles. The summed E-state index contributed by atoms with van der Waals surface area (Å²) in [5.74, 6) is -1.01. The maximum absolute atomic E-state index is 10.7. The topological polar surface area (TPSA) is 117 Å². The van der Waals surface area contributed by atoms with E-state index in [1.807, 2.05) is 0 Å². The Morgan fingerprint density at radius 1 is 1.10 bits per heavy atom. The van der Waals surface area contributed by atoms with Crippen LogP contribution in [0.4, 0.5) is 17.1 Å². The number of carbonyl (C=O) groups is 1. The maximum atomic E-state index is 10.7. The molecule has 0 unspecified atom stereocenters. The Morgan fingerprint density at radius 2 is 1.71 bits per heavy atom. The Hall–Kier alpha value is -3.29. The van der Waals surface area contributed by atoms with Gasteiger partial charge in [-0.05, 0) is 36.4 Å². The summed E-state index contributed by atoms with van der Waals surface area (Å²) in [6.45, 7) is 0. The van der Waals surface area contributed by atoms with Crippen molar-refractivity contribution < 1.29 is 14.8 Å². The van der Waals surface area contributed by atoms with Gasteiger partial charge in [0.2, 0.25) is 0 Å². The predicted molar refractivity (Wildman–Crippen MR) is 74.6 cm³/mol. The van der Waals surface area contributed by atoms with E-state index in [0.717, 1.165) is 0 Å². The number of anilines is 1. The largest absolute Gasteiger partial charge is 0.478 e. The quantitative estimate of drug-likeness (QED) is 0.496. The Kier molecular flexibility index (Phi) is 4.20. The molecule has 0 heterocycles. The molecule has 2 aromatic carbocycles. The second-order valence-corrected chi connectivity index (χ2v) is 3.97. The number of aromatic carboxylic acids is 1. The number of hydrogen-bond donors (Lipinski definition) is 2. The van der Waals surface area contributed by atoms with Crippen molar-refractivity contribution in [1.29, 1.82) is 0 Å². The van der Waals surface area contributed by atoms with Crippen LogP contribution in [0.3, 0.4) is 0 Å². The second-order valence-electron chi connectivity index (χ2n) is 3.97. The number of nitro benzene ring substituents is 1. The highest BCUT2D eigenvalue weighted by Crippen LogP contribution is 2.18. The normalized spacial score (nSPS) is 10.5. The van der Waals surface area contributed by atoms with Gasteiger partial charge >= 0.3 is 5.97 Å². The van der Waals surface area contributed by atoms with Gasteiger partial charge in [0.25, 0.3) is 5.69 Å². The lowest BCUT2D eigenvalue weighted by atomic mass is 10.2. The summed E-state index contributed by atoms with van der Waals surface area (Å²) < 4.78 is 0. The van der Waals surface area contributed by atoms with Gasteiger partial charge in [0.05, 0.1) is 21.9 Å². The van der Waals surface area contributed by atoms with Crippen molar-refractivity contribution in [3.63, 3.8) is 0 Å². The molecule has 2 rings (SSSR count). The van der Waals surface area contributed by atoms with Gasteiger partial charge in [-0.25, -0.2) is 4.79 Å². The highest BCUT2D eigenvalue weighted by atomic mass is 16.6. The van der Waals surface area contributed by atoms with Crippen LogP contribution in [-0.4, -0.2) is 16.0 Å². The average Bonchev–Trinajstić information content (AvgIpc) is 2.48. The molecule has 0 spiro atoms. The van der Waals surface area contributed by atoms with Crippen LogP contribution in [0, 0.1) is 10.1 Å². The van der Waals surface area contributed by atoms with Crippen molar-refractivity contribution >= 4 is 23.0 Å². The zero-order chi connectivity index (χ0) is 15.2. The molecule has 0 radical (unpaired) electrons. The Labute approximate surface area is 118 Å². The summed E-state index contributed by atoms with van der Waals surface area (Å²) >= 11 is 0. The van der Waals surface area contributed by atoms with Crippen LogP contribution < -0.4 is 5.43 Å². The fraction of sp³-hybridized carbons (Fsp3) is 0. The van der Waals surface area contributed by atoms with Crippen molar-refractivity contribution in [2.75, 3.05) is 5.43 Å². The molecule has 0 fully saturated rings. The number of nitro groups is 1. The average molecular weight is 286 g/mol.